The minimum absolute atomic E-state index is 0.0163. The molecule has 3 amide bonds. The molecule has 7 nitrogen and oxygen atoms in total. The van der Waals surface area contributed by atoms with Crippen molar-refractivity contribution in [2.75, 3.05) is 6.54 Å². The van der Waals surface area contributed by atoms with Crippen molar-refractivity contribution >= 4 is 17.7 Å². The van der Waals surface area contributed by atoms with Crippen molar-refractivity contribution in [3.63, 3.8) is 0 Å². The highest BCUT2D eigenvalue weighted by atomic mass is 16.5. The summed E-state index contributed by atoms with van der Waals surface area (Å²) in [4.78, 5) is 40.1. The maximum Gasteiger partial charge on any atom is 0.247 e. The van der Waals surface area contributed by atoms with Crippen LogP contribution in [0.5, 0.6) is 0 Å². The van der Waals surface area contributed by atoms with Gasteiger partial charge in [0.2, 0.25) is 17.7 Å². The van der Waals surface area contributed by atoms with Crippen LogP contribution in [0.25, 0.3) is 0 Å². The Labute approximate surface area is 246 Å². The zero-order valence-corrected chi connectivity index (χ0v) is 25.3. The smallest absolute Gasteiger partial charge is 0.247 e. The van der Waals surface area contributed by atoms with E-state index in [1.54, 1.807) is 0 Å². The monoisotopic (exact) mass is 563 g/mol. The summed E-state index contributed by atoms with van der Waals surface area (Å²) in [5.74, 6) is -1.86. The van der Waals surface area contributed by atoms with Crippen molar-refractivity contribution in [1.82, 2.24) is 15.7 Å². The maximum atomic E-state index is 13.8. The van der Waals surface area contributed by atoms with E-state index in [0.29, 0.717) is 11.5 Å². The molecular formula is C34H49N3O4. The highest BCUT2D eigenvalue weighted by molar-refractivity contribution is 5.91. The molecule has 0 spiro atoms. The second kappa shape index (κ2) is 17.4. The first-order chi connectivity index (χ1) is 19.6. The van der Waals surface area contributed by atoms with Crippen LogP contribution in [-0.4, -0.2) is 40.6 Å². The minimum Gasteiger partial charge on any atom is -0.344 e. The fraction of sp³-hybridized carbons (Fsp3) is 0.500. The van der Waals surface area contributed by atoms with Gasteiger partial charge < -0.3 is 10.6 Å². The summed E-state index contributed by atoms with van der Waals surface area (Å²) in [5, 5.41) is 16.8. The van der Waals surface area contributed by atoms with E-state index in [4.69, 9.17) is 0 Å². The molecule has 0 fully saturated rings. The van der Waals surface area contributed by atoms with Crippen LogP contribution in [0.15, 0.2) is 73.3 Å². The summed E-state index contributed by atoms with van der Waals surface area (Å²) in [6.07, 6.45) is 8.10. The molecule has 41 heavy (non-hydrogen) atoms. The molecule has 0 saturated heterocycles. The predicted octanol–water partition coefficient (Wildman–Crippen LogP) is 6.58. The molecule has 2 rings (SSSR count). The number of rotatable bonds is 17. The van der Waals surface area contributed by atoms with Gasteiger partial charge in [0, 0.05) is 12.3 Å². The van der Waals surface area contributed by atoms with Gasteiger partial charge in [-0.05, 0) is 23.0 Å². The molecule has 0 saturated carbocycles. The van der Waals surface area contributed by atoms with Crippen LogP contribution in [-0.2, 0) is 14.4 Å². The first-order valence-corrected chi connectivity index (χ1v) is 14.9. The van der Waals surface area contributed by atoms with Crippen molar-refractivity contribution in [1.29, 1.82) is 0 Å². The summed E-state index contributed by atoms with van der Waals surface area (Å²) in [6.45, 7) is 11.4. The first-order valence-electron chi connectivity index (χ1n) is 14.9. The molecule has 0 aliphatic rings. The second-order valence-electron chi connectivity index (χ2n) is 11.8. The van der Waals surface area contributed by atoms with E-state index in [1.165, 1.54) is 12.5 Å². The highest BCUT2D eigenvalue weighted by Gasteiger charge is 2.36. The number of unbranched alkanes of at least 4 members (excludes halogenated alkanes) is 5. The molecule has 0 unspecified atom stereocenters. The summed E-state index contributed by atoms with van der Waals surface area (Å²) < 4.78 is 0. The van der Waals surface area contributed by atoms with Gasteiger partial charge in [-0.2, -0.15) is 0 Å². The normalized spacial score (nSPS) is 12.8. The number of benzene rings is 2. The van der Waals surface area contributed by atoms with Gasteiger partial charge in [0.25, 0.3) is 0 Å². The third-order valence-corrected chi connectivity index (χ3v) is 7.26. The molecule has 0 radical (unpaired) electrons. The molecule has 2 aromatic carbocycles. The van der Waals surface area contributed by atoms with Gasteiger partial charge in [-0.3, -0.25) is 19.6 Å². The standard InChI is InChI=1S/C34H49N3O4/c1-6-8-9-10-11-14-23-28(25-29(38)37(41)24-7-2)32(39)36-31(34(3,4)5)33(40)35-30(26-19-15-12-16-20-26)27-21-17-13-18-22-27/h7,12-13,15-22,28,30-31,41H,2,6,8-11,14,23-25H2,1,3-5H3,(H,35,40)(H,36,39)/t28-,31-/m1/s1. The number of nitrogens with zero attached hydrogens (tertiary/aromatic N) is 1. The topological polar surface area (TPSA) is 98.7 Å². The lowest BCUT2D eigenvalue weighted by molar-refractivity contribution is -0.165. The lowest BCUT2D eigenvalue weighted by atomic mass is 9.84. The molecule has 2 atom stereocenters. The number of amides is 3. The Bertz CT molecular complexity index is 1040. The molecular weight excluding hydrogens is 514 g/mol. The van der Waals surface area contributed by atoms with Gasteiger partial charge in [-0.15, -0.1) is 6.58 Å². The average molecular weight is 564 g/mol. The maximum absolute atomic E-state index is 13.8. The number of nitrogens with one attached hydrogen (secondary N) is 2. The third kappa shape index (κ3) is 11.5. The Morgan fingerprint density at radius 1 is 0.854 bits per heavy atom. The molecule has 0 heterocycles. The van der Waals surface area contributed by atoms with Gasteiger partial charge in [-0.1, -0.05) is 133 Å². The molecule has 224 valence electrons. The summed E-state index contributed by atoms with van der Waals surface area (Å²) in [5.41, 5.74) is 1.27. The van der Waals surface area contributed by atoms with Crippen molar-refractivity contribution in [2.24, 2.45) is 11.3 Å². The van der Waals surface area contributed by atoms with E-state index >= 15 is 0 Å². The van der Waals surface area contributed by atoms with Crippen LogP contribution in [0, 0.1) is 11.3 Å². The SMILES string of the molecule is C=CCN(O)C(=O)C[C@@H](CCCCCCCC)C(=O)N[C@H](C(=O)NC(c1ccccc1)c1ccccc1)C(C)(C)C. The Balaban J connectivity index is 2.23. The largest absolute Gasteiger partial charge is 0.344 e. The van der Waals surface area contributed by atoms with Crippen molar-refractivity contribution in [3.8, 4) is 0 Å². The number of carbonyl (C=O) groups excluding carboxylic acids is 3. The van der Waals surface area contributed by atoms with Gasteiger partial charge in [-0.25, -0.2) is 5.06 Å². The number of hydrogen-bond donors (Lipinski definition) is 3. The van der Waals surface area contributed by atoms with Crippen LogP contribution in [0.2, 0.25) is 0 Å². The van der Waals surface area contributed by atoms with Crippen molar-refractivity contribution < 1.29 is 19.6 Å². The third-order valence-electron chi connectivity index (χ3n) is 7.26. The molecule has 2 aromatic rings. The summed E-state index contributed by atoms with van der Waals surface area (Å²) >= 11 is 0. The zero-order chi connectivity index (χ0) is 30.3. The molecule has 0 aliphatic heterocycles. The average Bonchev–Trinajstić information content (AvgIpc) is 2.95. The summed E-state index contributed by atoms with van der Waals surface area (Å²) in [7, 11) is 0. The van der Waals surface area contributed by atoms with E-state index in [2.05, 4.69) is 24.1 Å². The Morgan fingerprint density at radius 3 is 1.90 bits per heavy atom. The van der Waals surface area contributed by atoms with E-state index in [9.17, 15) is 19.6 Å². The van der Waals surface area contributed by atoms with E-state index in [1.807, 2.05) is 81.4 Å². The Kier molecular flexibility index (Phi) is 14.3. The van der Waals surface area contributed by atoms with Gasteiger partial charge in [0.15, 0.2) is 0 Å². The quantitative estimate of drug-likeness (QED) is 0.0876. The zero-order valence-electron chi connectivity index (χ0n) is 25.3. The van der Waals surface area contributed by atoms with E-state index in [0.717, 1.165) is 43.2 Å². The molecule has 7 heteroatoms. The molecule has 3 N–H and O–H groups in total. The Morgan fingerprint density at radius 2 is 1.39 bits per heavy atom. The second-order valence-corrected chi connectivity index (χ2v) is 11.8. The van der Waals surface area contributed by atoms with Crippen molar-refractivity contribution in [2.45, 2.75) is 91.1 Å². The Hall–Kier alpha value is -3.45. The minimum atomic E-state index is -0.842. The summed E-state index contributed by atoms with van der Waals surface area (Å²) in [6, 6.07) is 18.2. The first kappa shape index (κ1) is 33.8. The van der Waals surface area contributed by atoms with Gasteiger partial charge in [0.1, 0.15) is 6.04 Å². The number of hydroxylamine groups is 2. The number of carbonyl (C=O) groups is 3. The van der Waals surface area contributed by atoms with Crippen LogP contribution in [0.3, 0.4) is 0 Å². The number of hydrogen-bond acceptors (Lipinski definition) is 4. The van der Waals surface area contributed by atoms with Gasteiger partial charge in [0.05, 0.1) is 12.6 Å². The molecule has 0 aromatic heterocycles. The fourth-order valence-electron chi connectivity index (χ4n) is 4.85. The van der Waals surface area contributed by atoms with Crippen LogP contribution in [0.4, 0.5) is 0 Å². The van der Waals surface area contributed by atoms with E-state index in [-0.39, 0.29) is 24.8 Å². The van der Waals surface area contributed by atoms with Crippen molar-refractivity contribution in [3.05, 3.63) is 84.4 Å². The van der Waals surface area contributed by atoms with E-state index < -0.39 is 29.3 Å². The van der Waals surface area contributed by atoms with Gasteiger partial charge >= 0.3 is 0 Å². The lowest BCUT2D eigenvalue weighted by Gasteiger charge is -2.33. The molecule has 0 bridgehead atoms. The molecule has 0 aliphatic carbocycles. The van der Waals surface area contributed by atoms with Crippen LogP contribution >= 0.6 is 0 Å². The highest BCUT2D eigenvalue weighted by Crippen LogP contribution is 2.26. The van der Waals surface area contributed by atoms with Crippen LogP contribution in [0.1, 0.15) is 96.2 Å². The predicted molar refractivity (Wildman–Crippen MR) is 164 cm³/mol. The fourth-order valence-corrected chi connectivity index (χ4v) is 4.85. The lowest BCUT2D eigenvalue weighted by Crippen LogP contribution is -2.55. The van der Waals surface area contributed by atoms with Crippen LogP contribution < -0.4 is 10.6 Å².